The van der Waals surface area contributed by atoms with Gasteiger partial charge in [0.1, 0.15) is 5.69 Å². The molecule has 1 amide bonds. The molecule has 1 aliphatic rings. The number of nitrogens with one attached hydrogen (secondary N) is 2. The molecule has 4 rings (SSSR count). The number of benzene rings is 2. The molecule has 0 radical (unpaired) electrons. The lowest BCUT2D eigenvalue weighted by Gasteiger charge is -2.08. The van der Waals surface area contributed by atoms with Crippen LogP contribution in [0.2, 0.25) is 0 Å². The summed E-state index contributed by atoms with van der Waals surface area (Å²) in [6, 6.07) is 14.6. The van der Waals surface area contributed by atoms with Gasteiger partial charge in [-0.05, 0) is 42.8 Å². The van der Waals surface area contributed by atoms with E-state index in [4.69, 9.17) is 9.47 Å². The van der Waals surface area contributed by atoms with Gasteiger partial charge in [0.05, 0.1) is 0 Å². The highest BCUT2D eigenvalue weighted by atomic mass is 16.7. The second-order valence-electron chi connectivity index (χ2n) is 5.78. The van der Waals surface area contributed by atoms with Crippen LogP contribution < -0.4 is 20.1 Å². The van der Waals surface area contributed by atoms with Crippen molar-refractivity contribution in [1.29, 1.82) is 0 Å². The highest BCUT2D eigenvalue weighted by molar-refractivity contribution is 6.03. The first-order valence-electron chi connectivity index (χ1n) is 8.05. The van der Waals surface area contributed by atoms with Gasteiger partial charge in [0.2, 0.25) is 12.7 Å². The molecular formula is C19H16N4O3. The van der Waals surface area contributed by atoms with Crippen molar-refractivity contribution in [1.82, 2.24) is 9.97 Å². The standard InChI is InChI=1S/C19H16N4O3/c1-12-3-2-4-13(9-12)21-18(24)15-7-8-20-19(23-15)22-14-5-6-16-17(10-14)26-11-25-16/h2-10H,11H2,1H3,(H,21,24)(H,20,22,23). The van der Waals surface area contributed by atoms with Crippen LogP contribution in [0.1, 0.15) is 16.1 Å². The molecule has 1 aromatic heterocycles. The fraction of sp³-hybridized carbons (Fsp3) is 0.105. The molecule has 1 aliphatic heterocycles. The van der Waals surface area contributed by atoms with Gasteiger partial charge >= 0.3 is 0 Å². The van der Waals surface area contributed by atoms with E-state index in [1.54, 1.807) is 18.2 Å². The number of ether oxygens (including phenoxy) is 2. The monoisotopic (exact) mass is 348 g/mol. The predicted molar refractivity (Wildman–Crippen MR) is 97.0 cm³/mol. The first-order chi connectivity index (χ1) is 12.7. The van der Waals surface area contributed by atoms with Crippen LogP contribution in [0.25, 0.3) is 0 Å². The van der Waals surface area contributed by atoms with Crippen LogP contribution in [0.3, 0.4) is 0 Å². The molecule has 3 aromatic rings. The molecule has 2 aromatic carbocycles. The summed E-state index contributed by atoms with van der Waals surface area (Å²) in [4.78, 5) is 20.8. The largest absolute Gasteiger partial charge is 0.454 e. The number of nitrogens with zero attached hydrogens (tertiary/aromatic N) is 2. The molecule has 0 saturated carbocycles. The molecule has 7 heteroatoms. The Morgan fingerprint density at radius 1 is 1.04 bits per heavy atom. The molecule has 0 fully saturated rings. The van der Waals surface area contributed by atoms with Gasteiger partial charge in [0.25, 0.3) is 5.91 Å². The summed E-state index contributed by atoms with van der Waals surface area (Å²) in [5.74, 6) is 1.37. The van der Waals surface area contributed by atoms with Crippen molar-refractivity contribution in [3.63, 3.8) is 0 Å². The molecule has 0 unspecified atom stereocenters. The van der Waals surface area contributed by atoms with Crippen LogP contribution in [0.4, 0.5) is 17.3 Å². The number of rotatable bonds is 4. The maximum Gasteiger partial charge on any atom is 0.274 e. The normalized spacial score (nSPS) is 11.9. The Morgan fingerprint density at radius 2 is 1.92 bits per heavy atom. The van der Waals surface area contributed by atoms with Crippen molar-refractivity contribution >= 4 is 23.2 Å². The first kappa shape index (κ1) is 15.9. The van der Waals surface area contributed by atoms with Crippen molar-refractivity contribution in [2.24, 2.45) is 0 Å². The Hall–Kier alpha value is -3.61. The van der Waals surface area contributed by atoms with Gasteiger partial charge < -0.3 is 20.1 Å². The summed E-state index contributed by atoms with van der Waals surface area (Å²) in [7, 11) is 0. The number of fused-ring (bicyclic) bond motifs is 1. The number of hydrogen-bond donors (Lipinski definition) is 2. The lowest BCUT2D eigenvalue weighted by atomic mass is 10.2. The average molecular weight is 348 g/mol. The third kappa shape index (κ3) is 3.41. The number of anilines is 3. The lowest BCUT2D eigenvalue weighted by molar-refractivity contribution is 0.102. The van der Waals surface area contributed by atoms with Gasteiger partial charge in [-0.2, -0.15) is 0 Å². The second kappa shape index (κ2) is 6.72. The number of amides is 1. The number of carbonyl (C=O) groups is 1. The molecule has 130 valence electrons. The molecule has 0 saturated heterocycles. The van der Waals surface area contributed by atoms with Gasteiger partial charge in [0.15, 0.2) is 11.5 Å². The zero-order valence-electron chi connectivity index (χ0n) is 14.0. The Bertz CT molecular complexity index is 975. The van der Waals surface area contributed by atoms with Crippen LogP contribution in [0.15, 0.2) is 54.7 Å². The summed E-state index contributed by atoms with van der Waals surface area (Å²) in [5.41, 5.74) is 2.80. The van der Waals surface area contributed by atoms with E-state index in [2.05, 4.69) is 20.6 Å². The SMILES string of the molecule is Cc1cccc(NC(=O)c2ccnc(Nc3ccc4c(c3)OCO4)n2)c1. The van der Waals surface area contributed by atoms with Crippen LogP contribution in [-0.2, 0) is 0 Å². The van der Waals surface area contributed by atoms with E-state index in [1.807, 2.05) is 37.3 Å². The van der Waals surface area contributed by atoms with Gasteiger partial charge in [-0.3, -0.25) is 4.79 Å². The summed E-state index contributed by atoms with van der Waals surface area (Å²) in [5, 5.41) is 5.89. The predicted octanol–water partition coefficient (Wildman–Crippen LogP) is 3.51. The average Bonchev–Trinajstić information content (AvgIpc) is 3.10. The molecule has 2 heterocycles. The number of aryl methyl sites for hydroxylation is 1. The fourth-order valence-electron chi connectivity index (χ4n) is 2.57. The molecule has 2 N–H and O–H groups in total. The van der Waals surface area contributed by atoms with Crippen LogP contribution >= 0.6 is 0 Å². The van der Waals surface area contributed by atoms with E-state index < -0.39 is 0 Å². The molecule has 0 spiro atoms. The number of carbonyl (C=O) groups excluding carboxylic acids is 1. The topological polar surface area (TPSA) is 85.4 Å². The summed E-state index contributed by atoms with van der Waals surface area (Å²) >= 11 is 0. The van der Waals surface area contributed by atoms with E-state index in [9.17, 15) is 4.79 Å². The van der Waals surface area contributed by atoms with Crippen LogP contribution in [-0.4, -0.2) is 22.7 Å². The van der Waals surface area contributed by atoms with E-state index in [0.29, 0.717) is 17.4 Å². The summed E-state index contributed by atoms with van der Waals surface area (Å²) < 4.78 is 10.6. The van der Waals surface area contributed by atoms with Crippen LogP contribution in [0, 0.1) is 6.92 Å². The third-order valence-corrected chi connectivity index (χ3v) is 3.79. The minimum Gasteiger partial charge on any atom is -0.454 e. The molecular weight excluding hydrogens is 332 g/mol. The Morgan fingerprint density at radius 3 is 2.81 bits per heavy atom. The quantitative estimate of drug-likeness (QED) is 0.750. The lowest BCUT2D eigenvalue weighted by Crippen LogP contribution is -2.14. The summed E-state index contributed by atoms with van der Waals surface area (Å²) in [6.07, 6.45) is 1.54. The van der Waals surface area contributed by atoms with Crippen molar-refractivity contribution in [2.75, 3.05) is 17.4 Å². The van der Waals surface area contributed by atoms with E-state index >= 15 is 0 Å². The van der Waals surface area contributed by atoms with Gasteiger partial charge in [-0.15, -0.1) is 0 Å². The molecule has 26 heavy (non-hydrogen) atoms. The fourth-order valence-corrected chi connectivity index (χ4v) is 2.57. The maximum atomic E-state index is 12.4. The number of aromatic nitrogens is 2. The van der Waals surface area contributed by atoms with Crippen molar-refractivity contribution in [3.05, 3.63) is 66.0 Å². The van der Waals surface area contributed by atoms with E-state index in [0.717, 1.165) is 16.9 Å². The highest BCUT2D eigenvalue weighted by Crippen LogP contribution is 2.34. The Labute approximate surface area is 150 Å². The van der Waals surface area contributed by atoms with Crippen LogP contribution in [0.5, 0.6) is 11.5 Å². The Balaban J connectivity index is 1.50. The zero-order chi connectivity index (χ0) is 17.9. The van der Waals surface area contributed by atoms with Crippen molar-refractivity contribution in [3.8, 4) is 11.5 Å². The minimum absolute atomic E-state index is 0.212. The smallest absolute Gasteiger partial charge is 0.274 e. The molecule has 7 nitrogen and oxygen atoms in total. The van der Waals surface area contributed by atoms with E-state index in [1.165, 1.54) is 6.20 Å². The molecule has 0 atom stereocenters. The Kier molecular flexibility index (Phi) is 4.10. The molecule has 0 aliphatic carbocycles. The van der Waals surface area contributed by atoms with Gasteiger partial charge in [-0.1, -0.05) is 12.1 Å². The third-order valence-electron chi connectivity index (χ3n) is 3.79. The minimum atomic E-state index is -0.299. The summed E-state index contributed by atoms with van der Waals surface area (Å²) in [6.45, 7) is 2.18. The van der Waals surface area contributed by atoms with Crippen molar-refractivity contribution < 1.29 is 14.3 Å². The van der Waals surface area contributed by atoms with Crippen molar-refractivity contribution in [2.45, 2.75) is 6.92 Å². The maximum absolute atomic E-state index is 12.4. The second-order valence-corrected chi connectivity index (χ2v) is 5.78. The van der Waals surface area contributed by atoms with Gasteiger partial charge in [-0.25, -0.2) is 9.97 Å². The van der Waals surface area contributed by atoms with Gasteiger partial charge in [0, 0.05) is 23.6 Å². The zero-order valence-corrected chi connectivity index (χ0v) is 14.0. The highest BCUT2D eigenvalue weighted by Gasteiger charge is 2.14. The molecule has 0 bridgehead atoms. The number of hydrogen-bond acceptors (Lipinski definition) is 6. The van der Waals surface area contributed by atoms with E-state index in [-0.39, 0.29) is 18.4 Å². The first-order valence-corrected chi connectivity index (χ1v) is 8.05.